The van der Waals surface area contributed by atoms with Gasteiger partial charge in [-0.25, -0.2) is 4.98 Å². The van der Waals surface area contributed by atoms with Crippen LogP contribution < -0.4 is 5.32 Å². The molecular weight excluding hydrogens is 348 g/mol. The van der Waals surface area contributed by atoms with E-state index in [4.69, 9.17) is 4.74 Å². The maximum atomic E-state index is 11.7. The number of thiazole rings is 1. The fourth-order valence-corrected chi connectivity index (χ4v) is 2.75. The van der Waals surface area contributed by atoms with Gasteiger partial charge in [0, 0.05) is 0 Å². The summed E-state index contributed by atoms with van der Waals surface area (Å²) in [5.74, 6) is -1.11. The highest BCUT2D eigenvalue weighted by atomic mass is 79.9. The normalized spacial score (nSPS) is 11.8. The largest absolute Gasteiger partial charge is 0.466 e. The smallest absolute Gasteiger partial charge is 0.308 e. The first-order valence-electron chi connectivity index (χ1n) is 5.97. The van der Waals surface area contributed by atoms with E-state index in [0.29, 0.717) is 5.69 Å². The highest BCUT2D eigenvalue weighted by molar-refractivity contribution is 9.11. The van der Waals surface area contributed by atoms with Crippen molar-refractivity contribution in [2.75, 3.05) is 6.61 Å². The van der Waals surface area contributed by atoms with Gasteiger partial charge < -0.3 is 10.1 Å². The minimum absolute atomic E-state index is 0.0280. The van der Waals surface area contributed by atoms with E-state index >= 15 is 0 Å². The predicted octanol–water partition coefficient (Wildman–Crippen LogP) is 2.00. The molecular formula is C12H15BrN2O4S. The average Bonchev–Trinajstić information content (AvgIpc) is 2.73. The van der Waals surface area contributed by atoms with Crippen LogP contribution in [-0.2, 0) is 19.1 Å². The number of hydrogen-bond acceptors (Lipinski definition) is 6. The Kier molecular flexibility index (Phi) is 6.80. The Morgan fingerprint density at radius 2 is 2.20 bits per heavy atom. The molecule has 0 aliphatic carbocycles. The molecule has 1 aromatic heterocycles. The summed E-state index contributed by atoms with van der Waals surface area (Å²) in [5.41, 5.74) is 2.16. The lowest BCUT2D eigenvalue weighted by Gasteiger charge is -2.16. The third-order valence-electron chi connectivity index (χ3n) is 2.30. The number of amides is 1. The van der Waals surface area contributed by atoms with Crippen LogP contribution in [0.2, 0.25) is 0 Å². The van der Waals surface area contributed by atoms with Gasteiger partial charge in [-0.15, -0.1) is 11.3 Å². The van der Waals surface area contributed by atoms with E-state index in [2.05, 4.69) is 26.2 Å². The maximum Gasteiger partial charge on any atom is 0.308 e. The number of hydrogen-bond donors (Lipinski definition) is 1. The SMILES string of the molecule is CCOC(=O)C[C@@H](NC(=O)CC(C)=O)c1ncsc1Br. The van der Waals surface area contributed by atoms with Gasteiger partial charge >= 0.3 is 5.97 Å². The molecule has 1 amide bonds. The van der Waals surface area contributed by atoms with Crippen molar-refractivity contribution in [3.63, 3.8) is 0 Å². The van der Waals surface area contributed by atoms with Gasteiger partial charge in [-0.1, -0.05) is 0 Å². The molecule has 1 N–H and O–H groups in total. The second-order valence-electron chi connectivity index (χ2n) is 4.02. The Labute approximate surface area is 129 Å². The number of rotatable bonds is 7. The first-order valence-corrected chi connectivity index (χ1v) is 7.64. The van der Waals surface area contributed by atoms with Gasteiger partial charge in [-0.05, 0) is 29.8 Å². The zero-order valence-electron chi connectivity index (χ0n) is 11.1. The third-order valence-corrected chi connectivity index (χ3v) is 3.89. The fraction of sp³-hybridized carbons (Fsp3) is 0.500. The summed E-state index contributed by atoms with van der Waals surface area (Å²) in [7, 11) is 0. The van der Waals surface area contributed by atoms with Crippen molar-refractivity contribution in [1.29, 1.82) is 0 Å². The van der Waals surface area contributed by atoms with Crippen molar-refractivity contribution in [2.24, 2.45) is 0 Å². The Bertz CT molecular complexity index is 503. The summed E-state index contributed by atoms with van der Waals surface area (Å²) in [5, 5.41) is 2.63. The molecule has 1 rings (SSSR count). The molecule has 6 nitrogen and oxygen atoms in total. The molecule has 0 fully saturated rings. The van der Waals surface area contributed by atoms with E-state index in [0.717, 1.165) is 3.79 Å². The molecule has 0 unspecified atom stereocenters. The maximum absolute atomic E-state index is 11.7. The lowest BCUT2D eigenvalue weighted by molar-refractivity contribution is -0.143. The summed E-state index contributed by atoms with van der Waals surface area (Å²) in [4.78, 5) is 38.3. The quantitative estimate of drug-likeness (QED) is 0.592. The lowest BCUT2D eigenvalue weighted by Crippen LogP contribution is -2.32. The number of ketones is 1. The molecule has 0 aliphatic rings. The summed E-state index contributed by atoms with van der Waals surface area (Å²) in [6.45, 7) is 3.31. The molecule has 0 bridgehead atoms. The van der Waals surface area contributed by atoms with E-state index < -0.39 is 17.9 Å². The number of nitrogens with zero attached hydrogens (tertiary/aromatic N) is 1. The summed E-state index contributed by atoms with van der Waals surface area (Å²) in [6.07, 6.45) is -0.249. The first-order chi connectivity index (χ1) is 9.43. The molecule has 0 spiro atoms. The zero-order chi connectivity index (χ0) is 15.1. The van der Waals surface area contributed by atoms with Crippen LogP contribution in [-0.4, -0.2) is 29.3 Å². The van der Waals surface area contributed by atoms with Gasteiger partial charge in [0.1, 0.15) is 5.78 Å². The summed E-state index contributed by atoms with van der Waals surface area (Å²) < 4.78 is 5.61. The van der Waals surface area contributed by atoms with Crippen molar-refractivity contribution in [3.8, 4) is 0 Å². The van der Waals surface area contributed by atoms with Crippen LogP contribution in [0.1, 0.15) is 38.4 Å². The number of Topliss-reactive ketones (excluding diaryl/α,β-unsaturated/α-hetero) is 1. The number of halogens is 1. The standard InChI is InChI=1S/C12H15BrN2O4S/c1-3-19-10(18)5-8(11-12(13)20-6-14-11)15-9(17)4-7(2)16/h6,8H,3-5H2,1-2H3,(H,15,17)/t8-/m1/s1. The van der Waals surface area contributed by atoms with Gasteiger partial charge in [0.15, 0.2) is 0 Å². The second kappa shape index (κ2) is 8.11. The fourth-order valence-electron chi connectivity index (χ4n) is 1.54. The van der Waals surface area contributed by atoms with Crippen LogP contribution in [0.15, 0.2) is 9.30 Å². The highest BCUT2D eigenvalue weighted by Gasteiger charge is 2.23. The molecule has 0 radical (unpaired) electrons. The number of carbonyl (C=O) groups excluding carboxylic acids is 3. The predicted molar refractivity (Wildman–Crippen MR) is 77.2 cm³/mol. The topological polar surface area (TPSA) is 85.4 Å². The molecule has 0 saturated heterocycles. The summed E-state index contributed by atoms with van der Waals surface area (Å²) in [6, 6.07) is -0.610. The van der Waals surface area contributed by atoms with Crippen molar-refractivity contribution in [3.05, 3.63) is 15.0 Å². The number of carbonyl (C=O) groups is 3. The zero-order valence-corrected chi connectivity index (χ0v) is 13.5. The van der Waals surface area contributed by atoms with Crippen molar-refractivity contribution in [1.82, 2.24) is 10.3 Å². The van der Waals surface area contributed by atoms with Gasteiger partial charge in [0.25, 0.3) is 0 Å². The minimum Gasteiger partial charge on any atom is -0.466 e. The molecule has 110 valence electrons. The highest BCUT2D eigenvalue weighted by Crippen LogP contribution is 2.28. The van der Waals surface area contributed by atoms with Gasteiger partial charge in [-0.2, -0.15) is 0 Å². The van der Waals surface area contributed by atoms with Gasteiger partial charge in [0.2, 0.25) is 5.91 Å². The summed E-state index contributed by atoms with van der Waals surface area (Å²) >= 11 is 4.67. The number of nitrogens with one attached hydrogen (secondary N) is 1. The van der Waals surface area contributed by atoms with Crippen LogP contribution >= 0.6 is 27.3 Å². The van der Waals surface area contributed by atoms with E-state index in [-0.39, 0.29) is 25.2 Å². The number of aromatic nitrogens is 1. The van der Waals surface area contributed by atoms with Crippen LogP contribution in [0, 0.1) is 0 Å². The molecule has 0 aliphatic heterocycles. The third kappa shape index (κ3) is 5.38. The number of ether oxygens (including phenoxy) is 1. The van der Waals surface area contributed by atoms with Crippen molar-refractivity contribution in [2.45, 2.75) is 32.7 Å². The number of esters is 1. The molecule has 8 heteroatoms. The van der Waals surface area contributed by atoms with E-state index in [9.17, 15) is 14.4 Å². The van der Waals surface area contributed by atoms with Crippen molar-refractivity contribution < 1.29 is 19.1 Å². The van der Waals surface area contributed by atoms with E-state index in [1.807, 2.05) is 0 Å². The monoisotopic (exact) mass is 362 g/mol. The molecule has 1 atom stereocenters. The molecule has 1 aromatic rings. The average molecular weight is 363 g/mol. The Balaban J connectivity index is 2.79. The molecule has 0 saturated carbocycles. The Morgan fingerprint density at radius 1 is 1.50 bits per heavy atom. The Hall–Kier alpha value is -1.28. The van der Waals surface area contributed by atoms with Crippen LogP contribution in [0.5, 0.6) is 0 Å². The van der Waals surface area contributed by atoms with Crippen LogP contribution in [0.3, 0.4) is 0 Å². The molecule has 0 aromatic carbocycles. The molecule has 1 heterocycles. The van der Waals surface area contributed by atoms with E-state index in [1.54, 1.807) is 12.4 Å². The molecule has 20 heavy (non-hydrogen) atoms. The van der Waals surface area contributed by atoms with Crippen LogP contribution in [0.4, 0.5) is 0 Å². The van der Waals surface area contributed by atoms with E-state index in [1.165, 1.54) is 18.3 Å². The first kappa shape index (κ1) is 16.8. The van der Waals surface area contributed by atoms with Crippen molar-refractivity contribution >= 4 is 44.9 Å². The lowest BCUT2D eigenvalue weighted by atomic mass is 10.1. The van der Waals surface area contributed by atoms with Gasteiger partial charge in [-0.3, -0.25) is 14.4 Å². The van der Waals surface area contributed by atoms with Crippen LogP contribution in [0.25, 0.3) is 0 Å². The van der Waals surface area contributed by atoms with Gasteiger partial charge in [0.05, 0.1) is 40.5 Å². The Morgan fingerprint density at radius 3 is 2.70 bits per heavy atom. The minimum atomic E-state index is -0.610. The second-order valence-corrected chi connectivity index (χ2v) is 6.19.